The summed E-state index contributed by atoms with van der Waals surface area (Å²) in [5.74, 6) is -1.98. The number of anilines is 2. The monoisotopic (exact) mass is 487 g/mol. The standard InChI is InChI=1S/C22H18ClN3O4S2/c1-13(32-15-6-4-5-14(11-15)24-19(27)9-10-20(28)29)21(30)26-22-25-18(12-31-22)16-7-2-3-8-17(16)23/h2-13H,1H3,(H,24,27)(H,28,29)(H,25,26,30)/b10-9+. The number of hydrogen-bond donors (Lipinski definition) is 3. The number of rotatable bonds is 8. The predicted octanol–water partition coefficient (Wildman–Crippen LogP) is 5.16. The van der Waals surface area contributed by atoms with E-state index in [2.05, 4.69) is 15.6 Å². The van der Waals surface area contributed by atoms with Gasteiger partial charge in [0.25, 0.3) is 0 Å². The summed E-state index contributed by atoms with van der Waals surface area (Å²) in [6.45, 7) is 1.77. The molecule has 0 fully saturated rings. The van der Waals surface area contributed by atoms with Gasteiger partial charge in [-0.25, -0.2) is 9.78 Å². The molecule has 1 heterocycles. The molecule has 1 aromatic heterocycles. The molecule has 0 spiro atoms. The summed E-state index contributed by atoms with van der Waals surface area (Å²) in [7, 11) is 0. The van der Waals surface area contributed by atoms with Crippen LogP contribution < -0.4 is 10.6 Å². The maximum absolute atomic E-state index is 12.6. The molecule has 0 saturated carbocycles. The number of carbonyl (C=O) groups is 3. The van der Waals surface area contributed by atoms with Crippen molar-refractivity contribution in [1.82, 2.24) is 4.98 Å². The number of thioether (sulfide) groups is 1. The Balaban J connectivity index is 1.60. The molecule has 1 unspecified atom stereocenters. The van der Waals surface area contributed by atoms with Gasteiger partial charge in [-0.3, -0.25) is 9.59 Å². The summed E-state index contributed by atoms with van der Waals surface area (Å²) in [6.07, 6.45) is 1.69. The second-order valence-corrected chi connectivity index (χ2v) is 9.14. The van der Waals surface area contributed by atoms with Crippen LogP contribution in [0.3, 0.4) is 0 Å². The fourth-order valence-electron chi connectivity index (χ4n) is 2.57. The summed E-state index contributed by atoms with van der Waals surface area (Å²) in [4.78, 5) is 40.1. The van der Waals surface area contributed by atoms with E-state index in [0.29, 0.717) is 21.5 Å². The van der Waals surface area contributed by atoms with Crippen LogP contribution in [0.2, 0.25) is 5.02 Å². The van der Waals surface area contributed by atoms with Gasteiger partial charge in [0.05, 0.1) is 10.9 Å². The number of thiazole rings is 1. The van der Waals surface area contributed by atoms with E-state index in [9.17, 15) is 14.4 Å². The number of carboxylic acids is 1. The number of halogens is 1. The van der Waals surface area contributed by atoms with E-state index in [1.165, 1.54) is 23.1 Å². The quantitative estimate of drug-likeness (QED) is 0.299. The van der Waals surface area contributed by atoms with Crippen molar-refractivity contribution in [3.8, 4) is 11.3 Å². The average molecular weight is 488 g/mol. The van der Waals surface area contributed by atoms with Crippen molar-refractivity contribution in [3.63, 3.8) is 0 Å². The molecule has 10 heteroatoms. The van der Waals surface area contributed by atoms with E-state index in [1.807, 2.05) is 29.6 Å². The fraction of sp³-hybridized carbons (Fsp3) is 0.0909. The molecule has 3 aromatic rings. The highest BCUT2D eigenvalue weighted by Gasteiger charge is 2.17. The minimum atomic E-state index is -1.21. The van der Waals surface area contributed by atoms with Crippen LogP contribution in [0.1, 0.15) is 6.92 Å². The number of aliphatic carboxylic acids is 1. The molecule has 2 aromatic carbocycles. The average Bonchev–Trinajstić information content (AvgIpc) is 3.21. The number of hydrogen-bond acceptors (Lipinski definition) is 6. The predicted molar refractivity (Wildman–Crippen MR) is 128 cm³/mol. The molecule has 0 bridgehead atoms. The molecular weight excluding hydrogens is 470 g/mol. The molecule has 0 aliphatic carbocycles. The van der Waals surface area contributed by atoms with Crippen LogP contribution in [-0.2, 0) is 14.4 Å². The summed E-state index contributed by atoms with van der Waals surface area (Å²) >= 11 is 8.84. The Morgan fingerprint density at radius 3 is 2.66 bits per heavy atom. The van der Waals surface area contributed by atoms with Gasteiger partial charge in [0.15, 0.2) is 5.13 Å². The largest absolute Gasteiger partial charge is 0.478 e. The molecule has 2 amide bonds. The zero-order chi connectivity index (χ0) is 23.1. The molecule has 3 N–H and O–H groups in total. The van der Waals surface area contributed by atoms with Gasteiger partial charge in [0, 0.05) is 38.7 Å². The Morgan fingerprint density at radius 1 is 1.12 bits per heavy atom. The molecular formula is C22H18ClN3O4S2. The van der Waals surface area contributed by atoms with Crippen LogP contribution in [-0.4, -0.2) is 33.1 Å². The van der Waals surface area contributed by atoms with Crippen LogP contribution in [0.25, 0.3) is 11.3 Å². The van der Waals surface area contributed by atoms with Crippen molar-refractivity contribution in [2.75, 3.05) is 10.6 Å². The number of nitrogens with one attached hydrogen (secondary N) is 2. The normalized spacial score (nSPS) is 11.8. The summed E-state index contributed by atoms with van der Waals surface area (Å²) in [5, 5.41) is 16.4. The van der Waals surface area contributed by atoms with Crippen molar-refractivity contribution < 1.29 is 19.5 Å². The molecule has 0 aliphatic rings. The van der Waals surface area contributed by atoms with Crippen molar-refractivity contribution in [3.05, 3.63) is 71.1 Å². The molecule has 32 heavy (non-hydrogen) atoms. The highest BCUT2D eigenvalue weighted by molar-refractivity contribution is 8.00. The molecule has 1 atom stereocenters. The van der Waals surface area contributed by atoms with Crippen LogP contribution in [0.5, 0.6) is 0 Å². The van der Waals surface area contributed by atoms with Crippen molar-refractivity contribution in [1.29, 1.82) is 0 Å². The lowest BCUT2D eigenvalue weighted by atomic mass is 10.2. The zero-order valence-electron chi connectivity index (χ0n) is 16.7. The number of carbonyl (C=O) groups excluding carboxylic acids is 2. The Bertz CT molecular complexity index is 1180. The molecule has 0 saturated heterocycles. The first-order valence-corrected chi connectivity index (χ1v) is 11.5. The number of benzene rings is 2. The maximum atomic E-state index is 12.6. The van der Waals surface area contributed by atoms with Gasteiger partial charge >= 0.3 is 5.97 Å². The Hall–Kier alpha value is -3.14. The van der Waals surface area contributed by atoms with Crippen LogP contribution in [0, 0.1) is 0 Å². The van der Waals surface area contributed by atoms with Gasteiger partial charge in [-0.1, -0.05) is 35.9 Å². The fourth-order valence-corrected chi connectivity index (χ4v) is 4.44. The Labute approximate surface area is 197 Å². The summed E-state index contributed by atoms with van der Waals surface area (Å²) < 4.78 is 0. The maximum Gasteiger partial charge on any atom is 0.328 e. The third-order valence-electron chi connectivity index (χ3n) is 4.05. The highest BCUT2D eigenvalue weighted by atomic mass is 35.5. The van der Waals surface area contributed by atoms with Gasteiger partial charge in [-0.15, -0.1) is 23.1 Å². The van der Waals surface area contributed by atoms with Crippen LogP contribution in [0.15, 0.2) is 71.0 Å². The first-order valence-electron chi connectivity index (χ1n) is 9.32. The lowest BCUT2D eigenvalue weighted by molar-refractivity contribution is -0.131. The Kier molecular flexibility index (Phi) is 8.04. The van der Waals surface area contributed by atoms with Crippen LogP contribution >= 0.6 is 34.7 Å². The van der Waals surface area contributed by atoms with Gasteiger partial charge in [-0.2, -0.15) is 0 Å². The van der Waals surface area contributed by atoms with Gasteiger partial charge in [-0.05, 0) is 31.2 Å². The van der Waals surface area contributed by atoms with E-state index in [4.69, 9.17) is 16.7 Å². The lowest BCUT2D eigenvalue weighted by Crippen LogP contribution is -2.22. The topological polar surface area (TPSA) is 108 Å². The first-order chi connectivity index (χ1) is 15.3. The summed E-state index contributed by atoms with van der Waals surface area (Å²) in [5.41, 5.74) is 1.98. The third kappa shape index (κ3) is 6.68. The van der Waals surface area contributed by atoms with E-state index in [1.54, 1.807) is 31.2 Å². The SMILES string of the molecule is CC(Sc1cccc(NC(=O)/C=C/C(=O)O)c1)C(=O)Nc1nc(-c2ccccc2Cl)cs1. The molecule has 0 aliphatic heterocycles. The Morgan fingerprint density at radius 2 is 1.91 bits per heavy atom. The van der Waals surface area contributed by atoms with Crippen LogP contribution in [0.4, 0.5) is 10.8 Å². The lowest BCUT2D eigenvalue weighted by Gasteiger charge is -2.11. The zero-order valence-corrected chi connectivity index (χ0v) is 19.1. The number of carboxylic acid groups (broad SMARTS) is 1. The van der Waals surface area contributed by atoms with Crippen molar-refractivity contribution in [2.45, 2.75) is 17.1 Å². The first kappa shape index (κ1) is 23.5. The van der Waals surface area contributed by atoms with Crippen molar-refractivity contribution >= 4 is 63.3 Å². The van der Waals surface area contributed by atoms with Crippen molar-refractivity contribution in [2.24, 2.45) is 0 Å². The second kappa shape index (κ2) is 10.9. The van der Waals surface area contributed by atoms with Gasteiger partial charge in [0.2, 0.25) is 11.8 Å². The smallest absolute Gasteiger partial charge is 0.328 e. The number of nitrogens with zero attached hydrogens (tertiary/aromatic N) is 1. The summed E-state index contributed by atoms with van der Waals surface area (Å²) in [6, 6.07) is 14.3. The van der Waals surface area contributed by atoms with E-state index >= 15 is 0 Å². The minimum Gasteiger partial charge on any atom is -0.478 e. The van der Waals surface area contributed by atoms with E-state index < -0.39 is 17.1 Å². The molecule has 0 radical (unpaired) electrons. The number of aromatic nitrogens is 1. The molecule has 3 rings (SSSR count). The van der Waals surface area contributed by atoms with Gasteiger partial charge in [0.1, 0.15) is 0 Å². The minimum absolute atomic E-state index is 0.214. The van der Waals surface area contributed by atoms with E-state index in [0.717, 1.165) is 22.6 Å². The molecule has 7 nitrogen and oxygen atoms in total. The second-order valence-electron chi connectivity index (χ2n) is 6.46. The third-order valence-corrected chi connectivity index (χ3v) is 6.23. The highest BCUT2D eigenvalue weighted by Crippen LogP contribution is 2.31. The number of amides is 2. The van der Waals surface area contributed by atoms with Gasteiger partial charge < -0.3 is 15.7 Å². The van der Waals surface area contributed by atoms with E-state index in [-0.39, 0.29) is 5.91 Å². The molecule has 164 valence electrons.